The van der Waals surface area contributed by atoms with Crippen molar-refractivity contribution in [1.29, 1.82) is 0 Å². The molecule has 0 unspecified atom stereocenters. The second kappa shape index (κ2) is 6.20. The third-order valence-electron chi connectivity index (χ3n) is 3.62. The number of thiazole rings is 1. The monoisotopic (exact) mass is 373 g/mol. The van der Waals surface area contributed by atoms with Gasteiger partial charge >= 0.3 is 0 Å². The van der Waals surface area contributed by atoms with Gasteiger partial charge in [-0.25, -0.2) is 9.97 Å². The van der Waals surface area contributed by atoms with Gasteiger partial charge in [0.05, 0.1) is 26.4 Å². The molecule has 7 heteroatoms. The van der Waals surface area contributed by atoms with Crippen LogP contribution in [0.25, 0.3) is 21.1 Å². The standard InChI is InChI=1S/C17H12ClN3OS2/c1-9(15-19-12-5-3-2-4-11(12)16(22)21-15)23-17-20-13-8-10(18)6-7-14(13)24-17/h2-9H,1H3,(H,19,21,22)/t9-/m1/s1. The first kappa shape index (κ1) is 15.6. The SMILES string of the molecule is C[C@@H](Sc1nc2cc(Cl)ccc2s1)c1nc2ccccc2c(=O)[nH]1. The molecule has 2 aromatic heterocycles. The first-order chi connectivity index (χ1) is 11.6. The molecule has 4 rings (SSSR count). The molecule has 0 aliphatic carbocycles. The highest BCUT2D eigenvalue weighted by molar-refractivity contribution is 8.01. The van der Waals surface area contributed by atoms with E-state index in [4.69, 9.17) is 11.6 Å². The van der Waals surface area contributed by atoms with Crippen molar-refractivity contribution in [1.82, 2.24) is 15.0 Å². The number of halogens is 1. The van der Waals surface area contributed by atoms with Gasteiger partial charge in [-0.2, -0.15) is 0 Å². The third-order valence-corrected chi connectivity index (χ3v) is 6.10. The number of rotatable bonds is 3. The van der Waals surface area contributed by atoms with Gasteiger partial charge in [-0.3, -0.25) is 4.79 Å². The van der Waals surface area contributed by atoms with Crippen LogP contribution in [0.1, 0.15) is 18.0 Å². The van der Waals surface area contributed by atoms with Gasteiger partial charge in [0.25, 0.3) is 5.56 Å². The van der Waals surface area contributed by atoms with E-state index in [9.17, 15) is 4.79 Å². The number of para-hydroxylation sites is 1. The van der Waals surface area contributed by atoms with Crippen LogP contribution in [-0.2, 0) is 0 Å². The van der Waals surface area contributed by atoms with Crippen molar-refractivity contribution in [3.63, 3.8) is 0 Å². The predicted octanol–water partition coefficient (Wildman–Crippen LogP) is 5.04. The predicted molar refractivity (Wildman–Crippen MR) is 101 cm³/mol. The zero-order valence-corrected chi connectivity index (χ0v) is 15.0. The van der Waals surface area contributed by atoms with Gasteiger partial charge < -0.3 is 4.98 Å². The molecular weight excluding hydrogens is 362 g/mol. The van der Waals surface area contributed by atoms with E-state index in [2.05, 4.69) is 15.0 Å². The number of fused-ring (bicyclic) bond motifs is 2. The Labute approximate surface area is 150 Å². The summed E-state index contributed by atoms with van der Waals surface area (Å²) in [4.78, 5) is 24.3. The molecule has 0 amide bonds. The number of aromatic amines is 1. The first-order valence-corrected chi connectivity index (χ1v) is 9.39. The summed E-state index contributed by atoms with van der Waals surface area (Å²) in [5.74, 6) is 0.654. The third kappa shape index (κ3) is 2.92. The lowest BCUT2D eigenvalue weighted by Crippen LogP contribution is -2.12. The van der Waals surface area contributed by atoms with Crippen LogP contribution in [0.15, 0.2) is 51.6 Å². The smallest absolute Gasteiger partial charge is 0.258 e. The number of benzene rings is 2. The Morgan fingerprint density at radius 2 is 2.00 bits per heavy atom. The molecule has 2 heterocycles. The van der Waals surface area contributed by atoms with E-state index in [0.29, 0.717) is 21.7 Å². The Kier molecular flexibility index (Phi) is 4.04. The van der Waals surface area contributed by atoms with Crippen molar-refractivity contribution in [2.24, 2.45) is 0 Å². The van der Waals surface area contributed by atoms with Crippen molar-refractivity contribution in [2.75, 3.05) is 0 Å². The summed E-state index contributed by atoms with van der Waals surface area (Å²) < 4.78 is 2.02. The maximum Gasteiger partial charge on any atom is 0.258 e. The van der Waals surface area contributed by atoms with Crippen LogP contribution < -0.4 is 5.56 Å². The van der Waals surface area contributed by atoms with E-state index in [1.54, 1.807) is 29.2 Å². The molecule has 0 fully saturated rings. The molecular formula is C17H12ClN3OS2. The van der Waals surface area contributed by atoms with E-state index in [0.717, 1.165) is 14.6 Å². The van der Waals surface area contributed by atoms with Crippen LogP contribution in [0.5, 0.6) is 0 Å². The summed E-state index contributed by atoms with van der Waals surface area (Å²) in [7, 11) is 0. The average Bonchev–Trinajstić information content (AvgIpc) is 2.96. The summed E-state index contributed by atoms with van der Waals surface area (Å²) in [6, 6.07) is 13.0. The van der Waals surface area contributed by atoms with Gasteiger partial charge in [0.1, 0.15) is 5.82 Å². The molecule has 2 aromatic carbocycles. The second-order valence-electron chi connectivity index (χ2n) is 5.32. The lowest BCUT2D eigenvalue weighted by Gasteiger charge is -2.09. The summed E-state index contributed by atoms with van der Waals surface area (Å²) in [6.07, 6.45) is 0. The minimum Gasteiger partial charge on any atom is -0.309 e. The van der Waals surface area contributed by atoms with Gasteiger partial charge in [0.15, 0.2) is 4.34 Å². The number of nitrogens with one attached hydrogen (secondary N) is 1. The summed E-state index contributed by atoms with van der Waals surface area (Å²) in [6.45, 7) is 2.01. The van der Waals surface area contributed by atoms with Crippen molar-refractivity contribution < 1.29 is 0 Å². The molecule has 0 spiro atoms. The highest BCUT2D eigenvalue weighted by Gasteiger charge is 2.15. The molecule has 1 atom stereocenters. The Hall–Kier alpha value is -1.89. The molecule has 0 radical (unpaired) electrons. The zero-order valence-electron chi connectivity index (χ0n) is 12.6. The number of H-pyrrole nitrogens is 1. The Morgan fingerprint density at radius 1 is 1.17 bits per heavy atom. The molecule has 4 aromatic rings. The first-order valence-electron chi connectivity index (χ1n) is 7.32. The Morgan fingerprint density at radius 3 is 2.88 bits per heavy atom. The fourth-order valence-corrected chi connectivity index (χ4v) is 4.85. The minimum absolute atomic E-state index is 0.0154. The van der Waals surface area contributed by atoms with E-state index >= 15 is 0 Å². The van der Waals surface area contributed by atoms with Crippen LogP contribution in [-0.4, -0.2) is 15.0 Å². The lowest BCUT2D eigenvalue weighted by molar-refractivity contribution is 0.922. The summed E-state index contributed by atoms with van der Waals surface area (Å²) in [5, 5.41) is 1.27. The van der Waals surface area contributed by atoms with Gasteiger partial charge in [0, 0.05) is 5.02 Å². The van der Waals surface area contributed by atoms with Crippen LogP contribution >= 0.6 is 34.7 Å². The Balaban J connectivity index is 1.67. The Bertz CT molecular complexity index is 1110. The fraction of sp³-hybridized carbons (Fsp3) is 0.118. The molecule has 120 valence electrons. The topological polar surface area (TPSA) is 58.6 Å². The minimum atomic E-state index is -0.112. The number of hydrogen-bond acceptors (Lipinski definition) is 5. The van der Waals surface area contributed by atoms with Crippen molar-refractivity contribution >= 4 is 55.8 Å². The molecule has 1 N–H and O–H groups in total. The highest BCUT2D eigenvalue weighted by atomic mass is 35.5. The maximum atomic E-state index is 12.2. The van der Waals surface area contributed by atoms with Crippen molar-refractivity contribution in [3.05, 3.63) is 63.7 Å². The fourth-order valence-electron chi connectivity index (χ4n) is 2.43. The number of hydrogen-bond donors (Lipinski definition) is 1. The van der Waals surface area contributed by atoms with E-state index in [1.807, 2.05) is 43.3 Å². The highest BCUT2D eigenvalue weighted by Crippen LogP contribution is 2.38. The molecule has 0 saturated heterocycles. The number of thioether (sulfide) groups is 1. The number of nitrogens with zero attached hydrogens (tertiary/aromatic N) is 2. The summed E-state index contributed by atoms with van der Waals surface area (Å²) >= 11 is 9.20. The van der Waals surface area contributed by atoms with Gasteiger partial charge in [0.2, 0.25) is 0 Å². The van der Waals surface area contributed by atoms with Crippen LogP contribution in [0.2, 0.25) is 5.02 Å². The van der Waals surface area contributed by atoms with E-state index in [1.165, 1.54) is 0 Å². The summed E-state index contributed by atoms with van der Waals surface area (Å²) in [5.41, 5.74) is 1.49. The average molecular weight is 374 g/mol. The molecule has 0 bridgehead atoms. The quantitative estimate of drug-likeness (QED) is 0.511. The van der Waals surface area contributed by atoms with E-state index < -0.39 is 0 Å². The maximum absolute atomic E-state index is 12.2. The van der Waals surface area contributed by atoms with Gasteiger partial charge in [-0.05, 0) is 37.3 Å². The molecule has 0 aliphatic heterocycles. The molecule has 24 heavy (non-hydrogen) atoms. The van der Waals surface area contributed by atoms with Gasteiger partial charge in [-0.15, -0.1) is 11.3 Å². The van der Waals surface area contributed by atoms with Crippen LogP contribution in [0, 0.1) is 0 Å². The van der Waals surface area contributed by atoms with Crippen molar-refractivity contribution in [2.45, 2.75) is 16.5 Å². The van der Waals surface area contributed by atoms with Crippen LogP contribution in [0.4, 0.5) is 0 Å². The molecule has 0 saturated carbocycles. The zero-order chi connectivity index (χ0) is 16.7. The second-order valence-corrected chi connectivity index (χ2v) is 8.38. The van der Waals surface area contributed by atoms with Gasteiger partial charge in [-0.1, -0.05) is 35.5 Å². The van der Waals surface area contributed by atoms with Crippen molar-refractivity contribution in [3.8, 4) is 0 Å². The number of aromatic nitrogens is 3. The van der Waals surface area contributed by atoms with E-state index in [-0.39, 0.29) is 10.8 Å². The normalized spacial score (nSPS) is 12.8. The molecule has 4 nitrogen and oxygen atoms in total. The van der Waals surface area contributed by atoms with Crippen LogP contribution in [0.3, 0.4) is 0 Å². The molecule has 0 aliphatic rings. The largest absolute Gasteiger partial charge is 0.309 e. The lowest BCUT2D eigenvalue weighted by atomic mass is 10.2.